The number of nitrogens with one attached hydrogen (secondary N) is 2. The Morgan fingerprint density at radius 2 is 1.81 bits per heavy atom. The zero-order valence-corrected chi connectivity index (χ0v) is 22.7. The van der Waals surface area contributed by atoms with Gasteiger partial charge in [0, 0.05) is 62.4 Å². The summed E-state index contributed by atoms with van der Waals surface area (Å²) in [6, 6.07) is 10.3. The quantitative estimate of drug-likeness (QED) is 0.508. The molecule has 1 aromatic heterocycles. The Labute approximate surface area is 225 Å². The van der Waals surface area contributed by atoms with E-state index in [9.17, 15) is 0 Å². The Balaban J connectivity index is 1.32. The molecule has 0 radical (unpaired) electrons. The van der Waals surface area contributed by atoms with Crippen molar-refractivity contribution in [2.24, 2.45) is 5.92 Å². The lowest BCUT2D eigenvalue weighted by molar-refractivity contribution is 0.0515. The van der Waals surface area contributed by atoms with Crippen molar-refractivity contribution in [2.45, 2.75) is 50.9 Å². The molecule has 3 fully saturated rings. The van der Waals surface area contributed by atoms with Gasteiger partial charge < -0.3 is 25.2 Å². The number of benzene rings is 1. The molecule has 0 aliphatic carbocycles. The van der Waals surface area contributed by atoms with Crippen LogP contribution in [0.4, 0.5) is 17.6 Å². The van der Waals surface area contributed by atoms with Crippen LogP contribution in [-0.2, 0) is 10.2 Å². The first-order chi connectivity index (χ1) is 17.5. The molecule has 3 aliphatic heterocycles. The fourth-order valence-corrected chi connectivity index (χ4v) is 6.04. The Hall–Kier alpha value is -2.16. The van der Waals surface area contributed by atoms with E-state index in [2.05, 4.69) is 45.6 Å². The molecule has 36 heavy (non-hydrogen) atoms. The lowest BCUT2D eigenvalue weighted by atomic mass is 9.74. The molecule has 2 aromatic rings. The highest BCUT2D eigenvalue weighted by atomic mass is 35.5. The van der Waals surface area contributed by atoms with E-state index >= 15 is 0 Å². The van der Waals surface area contributed by atoms with E-state index < -0.39 is 0 Å². The van der Waals surface area contributed by atoms with Gasteiger partial charge in [-0.1, -0.05) is 30.7 Å². The molecule has 3 aliphatic rings. The number of hydrogen-bond acceptors (Lipinski definition) is 6. The number of nitrogens with zero attached hydrogens (tertiary/aromatic N) is 4. The third-order valence-electron chi connectivity index (χ3n) is 7.81. The highest BCUT2D eigenvalue weighted by molar-refractivity contribution is 7.80. The first kappa shape index (κ1) is 25.5. The summed E-state index contributed by atoms with van der Waals surface area (Å²) in [6.45, 7) is 8.62. The monoisotopic (exact) mass is 528 g/mol. The van der Waals surface area contributed by atoms with E-state index in [1.807, 2.05) is 12.1 Å². The Bertz CT molecular complexity index is 1060. The van der Waals surface area contributed by atoms with Crippen LogP contribution in [-0.4, -0.2) is 61.0 Å². The van der Waals surface area contributed by atoms with Gasteiger partial charge in [-0.05, 0) is 74.4 Å². The van der Waals surface area contributed by atoms with Gasteiger partial charge in [0.2, 0.25) is 5.95 Å². The van der Waals surface area contributed by atoms with Crippen LogP contribution >= 0.6 is 23.8 Å². The molecular formula is C27H37ClN6OS. The van der Waals surface area contributed by atoms with Gasteiger partial charge >= 0.3 is 0 Å². The topological polar surface area (TPSA) is 65.5 Å². The molecule has 1 aromatic carbocycles. The highest BCUT2D eigenvalue weighted by Gasteiger charge is 2.35. The van der Waals surface area contributed by atoms with Crippen LogP contribution in [0.1, 0.15) is 51.0 Å². The SMILES string of the molecule is C[C@H]1CCCN(c2cc(N3CCCC3)nc(NC(=S)NCC3(c4cccc(Cl)c4)CCOCC3)n2)C1. The van der Waals surface area contributed by atoms with Gasteiger partial charge in [-0.15, -0.1) is 0 Å². The summed E-state index contributed by atoms with van der Waals surface area (Å²) >= 11 is 12.1. The minimum absolute atomic E-state index is 0.0811. The third-order valence-corrected chi connectivity index (χ3v) is 8.29. The van der Waals surface area contributed by atoms with Crippen molar-refractivity contribution in [1.82, 2.24) is 15.3 Å². The molecule has 0 saturated carbocycles. The molecule has 4 heterocycles. The van der Waals surface area contributed by atoms with Gasteiger partial charge in [0.15, 0.2) is 5.11 Å². The van der Waals surface area contributed by atoms with Crippen LogP contribution in [0.5, 0.6) is 0 Å². The number of piperidine rings is 1. The molecule has 5 rings (SSSR count). The van der Waals surface area contributed by atoms with Gasteiger partial charge in [0.1, 0.15) is 11.6 Å². The van der Waals surface area contributed by atoms with Crippen LogP contribution in [0.2, 0.25) is 5.02 Å². The maximum Gasteiger partial charge on any atom is 0.232 e. The van der Waals surface area contributed by atoms with Gasteiger partial charge in [0.25, 0.3) is 0 Å². The molecule has 1 atom stereocenters. The van der Waals surface area contributed by atoms with Gasteiger partial charge in [-0.2, -0.15) is 9.97 Å². The van der Waals surface area contributed by atoms with Crippen molar-refractivity contribution in [3.8, 4) is 0 Å². The second-order valence-corrected chi connectivity index (χ2v) is 11.4. The minimum Gasteiger partial charge on any atom is -0.381 e. The van der Waals surface area contributed by atoms with Crippen LogP contribution in [0, 0.1) is 5.92 Å². The zero-order valence-electron chi connectivity index (χ0n) is 21.1. The first-order valence-electron chi connectivity index (χ1n) is 13.3. The van der Waals surface area contributed by atoms with Crippen molar-refractivity contribution in [1.29, 1.82) is 0 Å². The minimum atomic E-state index is -0.0811. The van der Waals surface area contributed by atoms with Gasteiger partial charge in [-0.25, -0.2) is 0 Å². The number of hydrogen-bond donors (Lipinski definition) is 2. The van der Waals surface area contributed by atoms with Gasteiger partial charge in [-0.3, -0.25) is 0 Å². The molecule has 0 amide bonds. The smallest absolute Gasteiger partial charge is 0.232 e. The van der Waals surface area contributed by atoms with E-state index in [4.69, 9.17) is 38.5 Å². The summed E-state index contributed by atoms with van der Waals surface area (Å²) in [6.07, 6.45) is 6.72. The Morgan fingerprint density at radius 3 is 2.53 bits per heavy atom. The van der Waals surface area contributed by atoms with Gasteiger partial charge in [0.05, 0.1) is 0 Å². The van der Waals surface area contributed by atoms with E-state index in [1.54, 1.807) is 0 Å². The summed E-state index contributed by atoms with van der Waals surface area (Å²) in [5.74, 6) is 3.21. The number of thiocarbonyl (C=S) groups is 1. The van der Waals surface area contributed by atoms with E-state index in [0.29, 0.717) is 23.5 Å². The summed E-state index contributed by atoms with van der Waals surface area (Å²) < 4.78 is 5.68. The highest BCUT2D eigenvalue weighted by Crippen LogP contribution is 2.35. The van der Waals surface area contributed by atoms with Crippen molar-refractivity contribution in [3.05, 3.63) is 40.9 Å². The second kappa shape index (κ2) is 11.5. The number of aromatic nitrogens is 2. The van der Waals surface area contributed by atoms with E-state index in [1.165, 1.54) is 31.2 Å². The summed E-state index contributed by atoms with van der Waals surface area (Å²) in [4.78, 5) is 14.5. The lowest BCUT2D eigenvalue weighted by Crippen LogP contribution is -2.45. The number of rotatable bonds is 6. The van der Waals surface area contributed by atoms with Crippen LogP contribution in [0.15, 0.2) is 30.3 Å². The largest absolute Gasteiger partial charge is 0.381 e. The molecule has 0 spiro atoms. The summed E-state index contributed by atoms with van der Waals surface area (Å²) in [5.41, 5.74) is 1.14. The molecule has 9 heteroatoms. The average Bonchev–Trinajstić information content (AvgIpc) is 3.43. The van der Waals surface area contributed by atoms with Crippen molar-refractivity contribution in [2.75, 3.05) is 61.1 Å². The number of halogens is 1. The summed E-state index contributed by atoms with van der Waals surface area (Å²) in [5, 5.41) is 8.07. The first-order valence-corrected chi connectivity index (χ1v) is 14.1. The van der Waals surface area contributed by atoms with Crippen LogP contribution in [0.25, 0.3) is 0 Å². The van der Waals surface area contributed by atoms with E-state index in [0.717, 1.165) is 68.9 Å². The Morgan fingerprint density at radius 1 is 1.08 bits per heavy atom. The van der Waals surface area contributed by atoms with Crippen LogP contribution in [0.3, 0.4) is 0 Å². The van der Waals surface area contributed by atoms with Crippen LogP contribution < -0.4 is 20.4 Å². The normalized spacial score (nSPS) is 21.9. The number of anilines is 3. The second-order valence-electron chi connectivity index (χ2n) is 10.5. The number of ether oxygens (including phenoxy) is 1. The van der Waals surface area contributed by atoms with Crippen molar-refractivity contribution < 1.29 is 4.74 Å². The molecule has 0 bridgehead atoms. The average molecular weight is 529 g/mol. The predicted molar refractivity (Wildman–Crippen MR) is 151 cm³/mol. The lowest BCUT2D eigenvalue weighted by Gasteiger charge is -2.38. The maximum atomic E-state index is 6.34. The molecule has 2 N–H and O–H groups in total. The fraction of sp³-hybridized carbons (Fsp3) is 0.593. The molecule has 0 unspecified atom stereocenters. The molecular weight excluding hydrogens is 492 g/mol. The third kappa shape index (κ3) is 6.03. The van der Waals surface area contributed by atoms with E-state index in [-0.39, 0.29) is 5.41 Å². The summed E-state index contributed by atoms with van der Waals surface area (Å²) in [7, 11) is 0. The van der Waals surface area contributed by atoms with Crippen molar-refractivity contribution in [3.63, 3.8) is 0 Å². The predicted octanol–water partition coefficient (Wildman–Crippen LogP) is 5.00. The zero-order chi connectivity index (χ0) is 25.0. The molecule has 7 nitrogen and oxygen atoms in total. The molecule has 194 valence electrons. The maximum absolute atomic E-state index is 6.34. The molecule has 3 saturated heterocycles. The van der Waals surface area contributed by atoms with Crippen molar-refractivity contribution >= 4 is 46.5 Å². The Kier molecular flexibility index (Phi) is 8.13. The standard InChI is InChI=1S/C27H37ClN6OS/c1-20-6-5-13-34(18-20)24-17-23(33-11-2-3-12-33)30-25(31-24)32-26(36)29-19-27(9-14-35-15-10-27)21-7-4-8-22(28)16-21/h4,7-8,16-17,20H,2-3,5-6,9-15,18-19H2,1H3,(H2,29,30,31,32,36)/t20-/m0/s1. The fourth-order valence-electron chi connectivity index (χ4n) is 5.69.